The van der Waals surface area contributed by atoms with Gasteiger partial charge in [-0.05, 0) is 31.0 Å². The van der Waals surface area contributed by atoms with Crippen LogP contribution in [0.1, 0.15) is 12.8 Å². The van der Waals surface area contributed by atoms with Gasteiger partial charge in [0.15, 0.2) is 5.58 Å². The van der Waals surface area contributed by atoms with Crippen LogP contribution in [0.5, 0.6) is 0 Å². The third-order valence-corrected chi connectivity index (χ3v) is 5.25. The number of fused-ring (bicyclic) bond motifs is 1. The van der Waals surface area contributed by atoms with Crippen molar-refractivity contribution >= 4 is 40.4 Å². The average molecular weight is 387 g/mol. The van der Waals surface area contributed by atoms with Crippen molar-refractivity contribution in [3.63, 3.8) is 0 Å². The van der Waals surface area contributed by atoms with Gasteiger partial charge in [0.2, 0.25) is 0 Å². The van der Waals surface area contributed by atoms with E-state index in [0.717, 1.165) is 48.7 Å². The molecule has 2 aromatic heterocycles. The zero-order chi connectivity index (χ0) is 19.0. The standard InChI is InChI=1S/C19H23ClN6O/c1-24(2)17-10-18(22-12-21-17)25(3)14-5-4-8-26(11-14)19-23-15-9-13(20)6-7-16(15)27-19/h6-7,9-10,12,14H,4-5,8,11H2,1-3H3. The summed E-state index contributed by atoms with van der Waals surface area (Å²) in [7, 11) is 6.05. The van der Waals surface area contributed by atoms with E-state index in [2.05, 4.69) is 31.8 Å². The number of halogens is 1. The summed E-state index contributed by atoms with van der Waals surface area (Å²) in [6, 6.07) is 8.51. The molecule has 1 saturated heterocycles. The van der Waals surface area contributed by atoms with Crippen LogP contribution in [-0.4, -0.2) is 55.2 Å². The van der Waals surface area contributed by atoms with Crippen molar-refractivity contribution in [1.82, 2.24) is 15.0 Å². The van der Waals surface area contributed by atoms with Gasteiger partial charge in [-0.3, -0.25) is 0 Å². The minimum Gasteiger partial charge on any atom is -0.423 e. The molecular formula is C19H23ClN6O. The highest BCUT2D eigenvalue weighted by atomic mass is 35.5. The second-order valence-corrected chi connectivity index (χ2v) is 7.53. The van der Waals surface area contributed by atoms with E-state index < -0.39 is 0 Å². The van der Waals surface area contributed by atoms with Crippen LogP contribution in [0.25, 0.3) is 11.1 Å². The number of hydrogen-bond donors (Lipinski definition) is 0. The minimum absolute atomic E-state index is 0.322. The van der Waals surface area contributed by atoms with Crippen LogP contribution < -0.4 is 14.7 Å². The van der Waals surface area contributed by atoms with Crippen molar-refractivity contribution < 1.29 is 4.42 Å². The van der Waals surface area contributed by atoms with Crippen LogP contribution in [0, 0.1) is 0 Å². The first kappa shape index (κ1) is 17.9. The van der Waals surface area contributed by atoms with Crippen molar-refractivity contribution in [1.29, 1.82) is 0 Å². The maximum atomic E-state index is 6.06. The van der Waals surface area contributed by atoms with Gasteiger partial charge in [0.1, 0.15) is 23.5 Å². The summed E-state index contributed by atoms with van der Waals surface area (Å²) in [4.78, 5) is 19.8. The van der Waals surface area contributed by atoms with E-state index >= 15 is 0 Å². The van der Waals surface area contributed by atoms with Crippen molar-refractivity contribution in [2.24, 2.45) is 0 Å². The lowest BCUT2D eigenvalue weighted by Crippen LogP contribution is -2.47. The third-order valence-electron chi connectivity index (χ3n) is 5.01. The Balaban J connectivity index is 1.54. The van der Waals surface area contributed by atoms with E-state index in [0.29, 0.717) is 17.1 Å². The number of rotatable bonds is 4. The van der Waals surface area contributed by atoms with Crippen LogP contribution in [0.2, 0.25) is 5.02 Å². The van der Waals surface area contributed by atoms with Gasteiger partial charge in [0.25, 0.3) is 6.01 Å². The summed E-state index contributed by atoms with van der Waals surface area (Å²) < 4.78 is 5.95. The molecule has 3 heterocycles. The minimum atomic E-state index is 0.322. The predicted molar refractivity (Wildman–Crippen MR) is 109 cm³/mol. The molecule has 0 amide bonds. The molecule has 1 fully saturated rings. The summed E-state index contributed by atoms with van der Waals surface area (Å²) in [5.74, 6) is 1.82. The van der Waals surface area contributed by atoms with Crippen LogP contribution in [0.15, 0.2) is 35.0 Å². The molecule has 142 valence electrons. The maximum Gasteiger partial charge on any atom is 0.298 e. The number of oxazole rings is 1. The Hall–Kier alpha value is -2.54. The highest BCUT2D eigenvalue weighted by Crippen LogP contribution is 2.28. The van der Waals surface area contributed by atoms with Gasteiger partial charge in [0.05, 0.1) is 0 Å². The molecule has 7 nitrogen and oxygen atoms in total. The summed E-state index contributed by atoms with van der Waals surface area (Å²) in [6.45, 7) is 1.76. The lowest BCUT2D eigenvalue weighted by atomic mass is 10.0. The number of anilines is 3. The Morgan fingerprint density at radius 2 is 1.96 bits per heavy atom. The smallest absolute Gasteiger partial charge is 0.298 e. The zero-order valence-corrected chi connectivity index (χ0v) is 16.5. The number of nitrogens with zero attached hydrogens (tertiary/aromatic N) is 6. The van der Waals surface area contributed by atoms with Crippen molar-refractivity contribution in [3.8, 4) is 0 Å². The topological polar surface area (TPSA) is 61.5 Å². The molecule has 1 aliphatic rings. The van der Waals surface area contributed by atoms with Crippen molar-refractivity contribution in [2.45, 2.75) is 18.9 Å². The summed E-state index contributed by atoms with van der Waals surface area (Å²) in [5, 5.41) is 0.666. The molecule has 0 bridgehead atoms. The fraction of sp³-hybridized carbons (Fsp3) is 0.421. The second-order valence-electron chi connectivity index (χ2n) is 7.09. The maximum absolute atomic E-state index is 6.06. The first-order valence-corrected chi connectivity index (χ1v) is 9.42. The third kappa shape index (κ3) is 3.64. The molecular weight excluding hydrogens is 364 g/mol. The zero-order valence-electron chi connectivity index (χ0n) is 15.8. The van der Waals surface area contributed by atoms with Crippen molar-refractivity contribution in [3.05, 3.63) is 35.6 Å². The van der Waals surface area contributed by atoms with E-state index in [1.165, 1.54) is 0 Å². The quantitative estimate of drug-likeness (QED) is 0.680. The fourth-order valence-corrected chi connectivity index (χ4v) is 3.60. The Labute approximate surface area is 163 Å². The first-order valence-electron chi connectivity index (χ1n) is 9.04. The number of hydrogen-bond acceptors (Lipinski definition) is 7. The van der Waals surface area contributed by atoms with E-state index in [9.17, 15) is 0 Å². The Bertz CT molecular complexity index is 943. The lowest BCUT2D eigenvalue weighted by molar-refractivity contribution is 0.454. The Morgan fingerprint density at radius 1 is 1.15 bits per heavy atom. The van der Waals surface area contributed by atoms with E-state index in [1.54, 1.807) is 6.33 Å². The second kappa shape index (κ2) is 7.23. The van der Waals surface area contributed by atoms with E-state index in [4.69, 9.17) is 16.0 Å². The van der Waals surface area contributed by atoms with Crippen molar-refractivity contribution in [2.75, 3.05) is 48.9 Å². The molecule has 1 atom stereocenters. The Kier molecular flexibility index (Phi) is 4.78. The van der Waals surface area contributed by atoms with Crippen LogP contribution in [-0.2, 0) is 0 Å². The molecule has 0 radical (unpaired) electrons. The molecule has 27 heavy (non-hydrogen) atoms. The summed E-state index contributed by atoms with van der Waals surface area (Å²) in [5.41, 5.74) is 1.55. The van der Waals surface area contributed by atoms with Gasteiger partial charge in [0, 0.05) is 51.4 Å². The van der Waals surface area contributed by atoms with E-state index in [1.807, 2.05) is 43.3 Å². The van der Waals surface area contributed by atoms with Crippen LogP contribution >= 0.6 is 11.6 Å². The first-order chi connectivity index (χ1) is 13.0. The van der Waals surface area contributed by atoms with Gasteiger partial charge in [-0.2, -0.15) is 4.98 Å². The normalized spacial score (nSPS) is 17.3. The predicted octanol–water partition coefficient (Wildman–Crippen LogP) is 3.44. The van der Waals surface area contributed by atoms with Gasteiger partial charge in [-0.15, -0.1) is 0 Å². The number of aromatic nitrogens is 3. The van der Waals surface area contributed by atoms with Crippen LogP contribution in [0.3, 0.4) is 0 Å². The summed E-state index contributed by atoms with van der Waals surface area (Å²) >= 11 is 6.06. The molecule has 1 aliphatic heterocycles. The largest absolute Gasteiger partial charge is 0.423 e. The van der Waals surface area contributed by atoms with Crippen LogP contribution in [0.4, 0.5) is 17.7 Å². The monoisotopic (exact) mass is 386 g/mol. The molecule has 0 spiro atoms. The fourth-order valence-electron chi connectivity index (χ4n) is 3.43. The van der Waals surface area contributed by atoms with Gasteiger partial charge >= 0.3 is 0 Å². The molecule has 4 rings (SSSR count). The molecule has 0 N–H and O–H groups in total. The molecule has 3 aromatic rings. The van der Waals surface area contributed by atoms with E-state index in [-0.39, 0.29) is 0 Å². The lowest BCUT2D eigenvalue weighted by Gasteiger charge is -2.37. The SMILES string of the molecule is CN(C)c1cc(N(C)C2CCCN(c3nc4cc(Cl)ccc4o3)C2)ncn1. The number of benzene rings is 1. The molecule has 1 unspecified atom stereocenters. The van der Waals surface area contributed by atoms with Gasteiger partial charge in [-0.1, -0.05) is 11.6 Å². The van der Waals surface area contributed by atoms with Gasteiger partial charge < -0.3 is 19.1 Å². The number of likely N-dealkylation sites (N-methyl/N-ethyl adjacent to an activating group) is 1. The molecule has 0 saturated carbocycles. The molecule has 1 aromatic carbocycles. The highest BCUT2D eigenvalue weighted by molar-refractivity contribution is 6.31. The highest BCUT2D eigenvalue weighted by Gasteiger charge is 2.27. The Morgan fingerprint density at radius 3 is 2.78 bits per heavy atom. The number of piperidine rings is 1. The summed E-state index contributed by atoms with van der Waals surface area (Å²) in [6.07, 6.45) is 3.78. The average Bonchev–Trinajstić information content (AvgIpc) is 3.11. The molecule has 0 aliphatic carbocycles. The molecule has 8 heteroatoms. The van der Waals surface area contributed by atoms with Gasteiger partial charge in [-0.25, -0.2) is 9.97 Å².